The van der Waals surface area contributed by atoms with Gasteiger partial charge in [-0.15, -0.1) is 0 Å². The summed E-state index contributed by atoms with van der Waals surface area (Å²) in [6.45, 7) is 1.73. The largest absolute Gasteiger partial charge is 0.381 e. The highest BCUT2D eigenvalue weighted by Crippen LogP contribution is 2.16. The van der Waals surface area contributed by atoms with Crippen molar-refractivity contribution < 1.29 is 12.8 Å². The average molecular weight is 312 g/mol. The lowest BCUT2D eigenvalue weighted by molar-refractivity contribution is 0.559. The van der Waals surface area contributed by atoms with E-state index in [1.165, 1.54) is 23.0 Å². The second-order valence-electron chi connectivity index (χ2n) is 4.91. The Morgan fingerprint density at radius 2 is 2.00 bits per heavy atom. The van der Waals surface area contributed by atoms with Crippen LogP contribution in [0.15, 0.2) is 35.4 Å². The molecule has 0 aliphatic rings. The van der Waals surface area contributed by atoms with Crippen LogP contribution in [0, 0.1) is 5.82 Å². The first-order chi connectivity index (χ1) is 9.78. The molecule has 0 saturated carbocycles. The molecule has 3 N–H and O–H groups in total. The molecule has 21 heavy (non-hydrogen) atoms. The minimum Gasteiger partial charge on any atom is -0.381 e. The lowest BCUT2D eigenvalue weighted by Crippen LogP contribution is -2.34. The summed E-state index contributed by atoms with van der Waals surface area (Å²) in [5.41, 5.74) is 6.42. The highest BCUT2D eigenvalue weighted by molar-refractivity contribution is 7.89. The number of hydrogen-bond donors (Lipinski definition) is 2. The van der Waals surface area contributed by atoms with E-state index in [9.17, 15) is 12.8 Å². The van der Waals surface area contributed by atoms with Gasteiger partial charge in [0, 0.05) is 19.3 Å². The fourth-order valence-corrected chi connectivity index (χ4v) is 3.38. The quantitative estimate of drug-likeness (QED) is 0.863. The molecule has 114 valence electrons. The Hall–Kier alpha value is -1.93. The lowest BCUT2D eigenvalue weighted by atomic mass is 10.1. The number of rotatable bonds is 5. The van der Waals surface area contributed by atoms with E-state index in [0.717, 1.165) is 5.56 Å². The van der Waals surface area contributed by atoms with Gasteiger partial charge < -0.3 is 5.73 Å². The van der Waals surface area contributed by atoms with Crippen LogP contribution in [0.2, 0.25) is 0 Å². The molecule has 6 nitrogen and oxygen atoms in total. The Morgan fingerprint density at radius 1 is 1.38 bits per heavy atom. The van der Waals surface area contributed by atoms with Crippen molar-refractivity contribution in [3.05, 3.63) is 41.8 Å². The van der Waals surface area contributed by atoms with Crippen LogP contribution in [0.1, 0.15) is 12.5 Å². The highest BCUT2D eigenvalue weighted by atomic mass is 32.2. The summed E-state index contributed by atoms with van der Waals surface area (Å²) >= 11 is 0. The van der Waals surface area contributed by atoms with Gasteiger partial charge in [-0.3, -0.25) is 4.68 Å². The van der Waals surface area contributed by atoms with Crippen molar-refractivity contribution in [2.24, 2.45) is 7.05 Å². The van der Waals surface area contributed by atoms with E-state index in [4.69, 9.17) is 5.73 Å². The van der Waals surface area contributed by atoms with Gasteiger partial charge in [0.1, 0.15) is 10.7 Å². The number of nitrogen functional groups attached to an aromatic ring is 1. The molecule has 0 fully saturated rings. The molecular weight excluding hydrogens is 295 g/mol. The molecule has 0 aliphatic carbocycles. The number of halogens is 1. The van der Waals surface area contributed by atoms with Gasteiger partial charge in [-0.2, -0.15) is 5.10 Å². The summed E-state index contributed by atoms with van der Waals surface area (Å²) in [5.74, 6) is -0.367. The van der Waals surface area contributed by atoms with Gasteiger partial charge in [0.25, 0.3) is 0 Å². The highest BCUT2D eigenvalue weighted by Gasteiger charge is 2.22. The molecule has 1 unspecified atom stereocenters. The third-order valence-electron chi connectivity index (χ3n) is 2.92. The van der Waals surface area contributed by atoms with Crippen molar-refractivity contribution in [1.29, 1.82) is 0 Å². The van der Waals surface area contributed by atoms with E-state index < -0.39 is 10.0 Å². The van der Waals surface area contributed by atoms with Gasteiger partial charge in [-0.05, 0) is 31.0 Å². The Morgan fingerprint density at radius 3 is 2.52 bits per heavy atom. The van der Waals surface area contributed by atoms with E-state index in [1.807, 2.05) is 0 Å². The summed E-state index contributed by atoms with van der Waals surface area (Å²) in [6, 6.07) is 5.57. The summed E-state index contributed by atoms with van der Waals surface area (Å²) in [6.07, 6.45) is 1.79. The average Bonchev–Trinajstić information content (AvgIpc) is 2.71. The summed E-state index contributed by atoms with van der Waals surface area (Å²) in [4.78, 5) is -0.0454. The Bertz CT molecular complexity index is 725. The zero-order valence-electron chi connectivity index (χ0n) is 11.7. The molecule has 0 spiro atoms. The Labute approximate surface area is 122 Å². The number of nitrogens with two attached hydrogens (primary N) is 1. The fraction of sp³-hybridized carbons (Fsp3) is 0.308. The maximum absolute atomic E-state index is 12.8. The van der Waals surface area contributed by atoms with Crippen LogP contribution in [0.3, 0.4) is 0 Å². The first kappa shape index (κ1) is 15.5. The van der Waals surface area contributed by atoms with Crippen molar-refractivity contribution in [3.63, 3.8) is 0 Å². The van der Waals surface area contributed by atoms with Gasteiger partial charge in [-0.25, -0.2) is 17.5 Å². The molecule has 0 radical (unpaired) electrons. The van der Waals surface area contributed by atoms with Gasteiger partial charge >= 0.3 is 0 Å². The molecule has 0 aliphatic heterocycles. The number of anilines is 1. The second kappa shape index (κ2) is 5.82. The number of sulfonamides is 1. The van der Waals surface area contributed by atoms with Crippen molar-refractivity contribution in [2.45, 2.75) is 24.3 Å². The van der Waals surface area contributed by atoms with Crippen LogP contribution < -0.4 is 10.5 Å². The normalized spacial score (nSPS) is 13.3. The smallest absolute Gasteiger partial charge is 0.246 e. The topological polar surface area (TPSA) is 90.0 Å². The minimum atomic E-state index is -3.73. The van der Waals surface area contributed by atoms with Crippen molar-refractivity contribution in [3.8, 4) is 0 Å². The molecule has 2 aromatic rings. The Kier molecular flexibility index (Phi) is 4.29. The van der Waals surface area contributed by atoms with Crippen molar-refractivity contribution in [2.75, 3.05) is 5.73 Å². The number of benzene rings is 1. The van der Waals surface area contributed by atoms with Crippen LogP contribution in [0.25, 0.3) is 0 Å². The molecule has 1 heterocycles. The standard InChI is InChI=1S/C13H17FN4O2S/c1-9(7-10-3-5-11(14)6-4-10)17-21(19,20)12-8-18(2)16-13(12)15/h3-6,8-9,17H,7H2,1-2H3,(H2,15,16). The first-order valence-corrected chi connectivity index (χ1v) is 7.82. The number of aryl methyl sites for hydroxylation is 1. The lowest BCUT2D eigenvalue weighted by Gasteiger charge is -2.13. The van der Waals surface area contributed by atoms with Gasteiger partial charge in [0.05, 0.1) is 0 Å². The predicted molar refractivity (Wildman–Crippen MR) is 77.5 cm³/mol. The van der Waals surface area contributed by atoms with E-state index in [1.54, 1.807) is 26.1 Å². The van der Waals surface area contributed by atoms with Crippen LogP contribution in [0.5, 0.6) is 0 Å². The maximum atomic E-state index is 12.8. The monoisotopic (exact) mass is 312 g/mol. The molecule has 1 atom stereocenters. The molecule has 0 saturated heterocycles. The van der Waals surface area contributed by atoms with E-state index in [2.05, 4.69) is 9.82 Å². The third kappa shape index (κ3) is 3.79. The summed E-state index contributed by atoms with van der Waals surface area (Å²) in [5, 5.41) is 3.81. The van der Waals surface area contributed by atoms with E-state index in [-0.39, 0.29) is 22.6 Å². The molecule has 0 amide bonds. The van der Waals surface area contributed by atoms with Crippen molar-refractivity contribution in [1.82, 2.24) is 14.5 Å². The van der Waals surface area contributed by atoms with Gasteiger partial charge in [-0.1, -0.05) is 12.1 Å². The molecule has 1 aromatic carbocycles. The fourth-order valence-electron chi connectivity index (χ4n) is 2.04. The first-order valence-electron chi connectivity index (χ1n) is 6.34. The zero-order chi connectivity index (χ0) is 15.6. The van der Waals surface area contributed by atoms with E-state index in [0.29, 0.717) is 6.42 Å². The van der Waals surface area contributed by atoms with E-state index >= 15 is 0 Å². The number of aromatic nitrogens is 2. The van der Waals surface area contributed by atoms with Crippen LogP contribution in [0.4, 0.5) is 10.2 Å². The molecule has 2 rings (SSSR count). The van der Waals surface area contributed by atoms with Crippen LogP contribution in [-0.2, 0) is 23.5 Å². The minimum absolute atomic E-state index is 0.0426. The molecule has 1 aromatic heterocycles. The molecular formula is C13H17FN4O2S. The zero-order valence-corrected chi connectivity index (χ0v) is 12.6. The molecule has 8 heteroatoms. The number of nitrogens with one attached hydrogen (secondary N) is 1. The predicted octanol–water partition coefficient (Wildman–Crippen LogP) is 1.05. The number of hydrogen-bond acceptors (Lipinski definition) is 4. The number of nitrogens with zero attached hydrogens (tertiary/aromatic N) is 2. The Balaban J connectivity index is 2.09. The van der Waals surface area contributed by atoms with Crippen LogP contribution in [-0.4, -0.2) is 24.2 Å². The van der Waals surface area contributed by atoms with Gasteiger partial charge in [0.15, 0.2) is 5.82 Å². The summed E-state index contributed by atoms with van der Waals surface area (Å²) < 4.78 is 41.1. The SMILES string of the molecule is CC(Cc1ccc(F)cc1)NS(=O)(=O)c1cn(C)nc1N. The molecule has 0 bridgehead atoms. The van der Waals surface area contributed by atoms with Gasteiger partial charge in [0.2, 0.25) is 10.0 Å². The van der Waals surface area contributed by atoms with Crippen LogP contribution >= 0.6 is 0 Å². The second-order valence-corrected chi connectivity index (χ2v) is 6.59. The summed E-state index contributed by atoms with van der Waals surface area (Å²) in [7, 11) is -2.14. The van der Waals surface area contributed by atoms with Crippen molar-refractivity contribution >= 4 is 15.8 Å². The third-order valence-corrected chi connectivity index (χ3v) is 4.53. The maximum Gasteiger partial charge on any atom is 0.246 e.